The summed E-state index contributed by atoms with van der Waals surface area (Å²) < 4.78 is 0. The van der Waals surface area contributed by atoms with Gasteiger partial charge in [0.15, 0.2) is 0 Å². The first-order chi connectivity index (χ1) is 14.7. The lowest BCUT2D eigenvalue weighted by molar-refractivity contribution is 0.183. The van der Waals surface area contributed by atoms with Gasteiger partial charge in [-0.25, -0.2) is 0 Å². The monoisotopic (exact) mass is 425 g/mol. The minimum atomic E-state index is -0.368. The Morgan fingerprint density at radius 3 is 1.30 bits per heavy atom. The second kappa shape index (κ2) is 23.3. The minimum absolute atomic E-state index is 0.117. The van der Waals surface area contributed by atoms with Crippen molar-refractivity contribution in [2.45, 2.75) is 147 Å². The van der Waals surface area contributed by atoms with Crippen LogP contribution in [-0.4, -0.2) is 29.0 Å². The maximum Gasteiger partial charge on any atom is 0.0448 e. The predicted octanol–water partition coefficient (Wildman–Crippen LogP) is 7.44. The molecule has 0 radical (unpaired) electrons. The van der Waals surface area contributed by atoms with Crippen molar-refractivity contribution < 1.29 is 10.2 Å². The SMILES string of the molecule is CCCCCCCCC=CCCCCCCCCCCCCC(N)(CCO)CCO. The molecule has 0 fully saturated rings. The quantitative estimate of drug-likeness (QED) is 0.111. The van der Waals surface area contributed by atoms with Crippen molar-refractivity contribution >= 4 is 0 Å². The van der Waals surface area contributed by atoms with Crippen LogP contribution in [0.5, 0.6) is 0 Å². The first-order valence-electron chi connectivity index (χ1n) is 13.3. The van der Waals surface area contributed by atoms with E-state index in [1.807, 2.05) is 0 Å². The average molecular weight is 426 g/mol. The molecule has 0 aliphatic rings. The third-order valence-electron chi connectivity index (χ3n) is 6.41. The first kappa shape index (κ1) is 29.6. The normalized spacial score (nSPS) is 12.3. The Balaban J connectivity index is 3.28. The van der Waals surface area contributed by atoms with Crippen LogP contribution in [0.3, 0.4) is 0 Å². The molecule has 0 aromatic heterocycles. The zero-order valence-electron chi connectivity index (χ0n) is 20.4. The first-order valence-corrected chi connectivity index (χ1v) is 13.3. The molecule has 0 atom stereocenters. The van der Waals surface area contributed by atoms with Crippen LogP contribution in [0.4, 0.5) is 0 Å². The summed E-state index contributed by atoms with van der Waals surface area (Å²) in [4.78, 5) is 0. The second-order valence-corrected chi connectivity index (χ2v) is 9.41. The Hall–Kier alpha value is -0.380. The molecule has 3 heteroatoms. The van der Waals surface area contributed by atoms with E-state index in [-0.39, 0.29) is 18.8 Å². The van der Waals surface area contributed by atoms with Crippen molar-refractivity contribution in [2.24, 2.45) is 5.73 Å². The molecule has 0 bridgehead atoms. The summed E-state index contributed by atoms with van der Waals surface area (Å²) in [6, 6.07) is 0. The number of aliphatic hydroxyl groups is 2. The molecule has 30 heavy (non-hydrogen) atoms. The molecule has 180 valence electrons. The van der Waals surface area contributed by atoms with Gasteiger partial charge in [0.1, 0.15) is 0 Å². The number of unbranched alkanes of at least 4 members (excludes halogenated alkanes) is 16. The van der Waals surface area contributed by atoms with Crippen molar-refractivity contribution in [3.05, 3.63) is 12.2 Å². The van der Waals surface area contributed by atoms with Gasteiger partial charge in [-0.2, -0.15) is 0 Å². The molecule has 4 N–H and O–H groups in total. The van der Waals surface area contributed by atoms with Crippen LogP contribution in [0, 0.1) is 0 Å². The summed E-state index contributed by atoms with van der Waals surface area (Å²) in [5, 5.41) is 18.3. The van der Waals surface area contributed by atoms with E-state index in [9.17, 15) is 0 Å². The predicted molar refractivity (Wildman–Crippen MR) is 133 cm³/mol. The van der Waals surface area contributed by atoms with E-state index in [1.54, 1.807) is 0 Å². The lowest BCUT2D eigenvalue weighted by Crippen LogP contribution is -2.41. The topological polar surface area (TPSA) is 66.5 Å². The van der Waals surface area contributed by atoms with E-state index in [0.717, 1.165) is 12.8 Å². The molecule has 3 nitrogen and oxygen atoms in total. The second-order valence-electron chi connectivity index (χ2n) is 9.41. The summed E-state index contributed by atoms with van der Waals surface area (Å²) in [5.74, 6) is 0. The molecule has 0 unspecified atom stereocenters. The summed E-state index contributed by atoms with van der Waals surface area (Å²) in [5.41, 5.74) is 5.91. The van der Waals surface area contributed by atoms with E-state index in [0.29, 0.717) is 12.8 Å². The minimum Gasteiger partial charge on any atom is -0.396 e. The van der Waals surface area contributed by atoms with Crippen LogP contribution in [0.1, 0.15) is 142 Å². The molecule has 0 heterocycles. The largest absolute Gasteiger partial charge is 0.396 e. The van der Waals surface area contributed by atoms with Gasteiger partial charge in [-0.3, -0.25) is 0 Å². The zero-order valence-corrected chi connectivity index (χ0v) is 20.4. The fourth-order valence-corrected chi connectivity index (χ4v) is 4.25. The van der Waals surface area contributed by atoms with Gasteiger partial charge in [0, 0.05) is 18.8 Å². The highest BCUT2D eigenvalue weighted by Gasteiger charge is 2.22. The smallest absolute Gasteiger partial charge is 0.0448 e. The summed E-state index contributed by atoms with van der Waals surface area (Å²) in [7, 11) is 0. The molecule has 0 amide bonds. The Morgan fingerprint density at radius 2 is 0.900 bits per heavy atom. The van der Waals surface area contributed by atoms with Crippen molar-refractivity contribution in [1.29, 1.82) is 0 Å². The highest BCUT2D eigenvalue weighted by molar-refractivity contribution is 4.83. The van der Waals surface area contributed by atoms with Gasteiger partial charge in [0.25, 0.3) is 0 Å². The zero-order chi connectivity index (χ0) is 22.2. The maximum atomic E-state index is 9.13. The average Bonchev–Trinajstić information content (AvgIpc) is 2.72. The van der Waals surface area contributed by atoms with Gasteiger partial charge < -0.3 is 15.9 Å². The summed E-state index contributed by atoms with van der Waals surface area (Å²) in [6.45, 7) is 2.51. The number of hydrogen-bond acceptors (Lipinski definition) is 3. The Kier molecular flexibility index (Phi) is 23.0. The summed E-state index contributed by atoms with van der Waals surface area (Å²) in [6.07, 6.45) is 31.1. The van der Waals surface area contributed by atoms with Crippen molar-refractivity contribution in [2.75, 3.05) is 13.2 Å². The third-order valence-corrected chi connectivity index (χ3v) is 6.41. The number of aliphatic hydroxyl groups excluding tert-OH is 2. The van der Waals surface area contributed by atoms with Crippen molar-refractivity contribution in [3.63, 3.8) is 0 Å². The molecule has 0 saturated carbocycles. The van der Waals surface area contributed by atoms with E-state index in [4.69, 9.17) is 15.9 Å². The lowest BCUT2D eigenvalue weighted by atomic mass is 9.87. The van der Waals surface area contributed by atoms with Crippen LogP contribution in [0.15, 0.2) is 12.2 Å². The van der Waals surface area contributed by atoms with Gasteiger partial charge in [0.2, 0.25) is 0 Å². The Labute approximate surface area is 188 Å². The van der Waals surface area contributed by atoms with E-state index in [2.05, 4.69) is 19.1 Å². The van der Waals surface area contributed by atoms with Crippen molar-refractivity contribution in [1.82, 2.24) is 0 Å². The van der Waals surface area contributed by atoms with Crippen LogP contribution >= 0.6 is 0 Å². The van der Waals surface area contributed by atoms with Crippen LogP contribution in [0.25, 0.3) is 0 Å². The molecule has 0 rings (SSSR count). The molecule has 0 saturated heterocycles. The molecule has 0 aliphatic heterocycles. The van der Waals surface area contributed by atoms with Crippen LogP contribution < -0.4 is 5.73 Å². The van der Waals surface area contributed by atoms with Crippen LogP contribution in [-0.2, 0) is 0 Å². The molecule has 0 aromatic carbocycles. The van der Waals surface area contributed by atoms with Gasteiger partial charge in [-0.15, -0.1) is 0 Å². The molecule has 0 aromatic rings. The van der Waals surface area contributed by atoms with Gasteiger partial charge >= 0.3 is 0 Å². The maximum absolute atomic E-state index is 9.13. The van der Waals surface area contributed by atoms with Gasteiger partial charge in [-0.1, -0.05) is 109 Å². The lowest BCUT2D eigenvalue weighted by Gasteiger charge is -2.28. The fraction of sp³-hybridized carbons (Fsp3) is 0.926. The van der Waals surface area contributed by atoms with Crippen LogP contribution in [0.2, 0.25) is 0 Å². The van der Waals surface area contributed by atoms with E-state index < -0.39 is 0 Å². The Bertz CT molecular complexity index is 351. The number of hydrogen-bond donors (Lipinski definition) is 3. The molecule has 0 aliphatic carbocycles. The number of nitrogens with two attached hydrogens (primary N) is 1. The van der Waals surface area contributed by atoms with Crippen molar-refractivity contribution in [3.8, 4) is 0 Å². The van der Waals surface area contributed by atoms with E-state index >= 15 is 0 Å². The van der Waals surface area contributed by atoms with Gasteiger partial charge in [0.05, 0.1) is 0 Å². The van der Waals surface area contributed by atoms with E-state index in [1.165, 1.54) is 109 Å². The Morgan fingerprint density at radius 1 is 0.533 bits per heavy atom. The number of rotatable bonds is 24. The van der Waals surface area contributed by atoms with Gasteiger partial charge in [-0.05, 0) is 44.9 Å². The standard InChI is InChI=1S/C27H55NO2/c1-2-3-4-5-6-7-8-9-10-11-12-13-14-15-16-17-18-19-20-21-22-27(28,23-25-29)24-26-30/h9-10,29-30H,2-8,11-26,28H2,1H3. The molecular weight excluding hydrogens is 370 g/mol. The summed E-state index contributed by atoms with van der Waals surface area (Å²) >= 11 is 0. The fourth-order valence-electron chi connectivity index (χ4n) is 4.25. The molecule has 0 spiro atoms. The molecular formula is C27H55NO2. The third kappa shape index (κ3) is 20.9. The number of allylic oxidation sites excluding steroid dienone is 2. The highest BCUT2D eigenvalue weighted by Crippen LogP contribution is 2.21. The highest BCUT2D eigenvalue weighted by atomic mass is 16.3.